The van der Waals surface area contributed by atoms with Crippen molar-refractivity contribution in [3.63, 3.8) is 0 Å². The molecule has 0 bridgehead atoms. The second-order valence-corrected chi connectivity index (χ2v) is 11.8. The van der Waals surface area contributed by atoms with Crippen molar-refractivity contribution in [2.45, 2.75) is 33.6 Å². The van der Waals surface area contributed by atoms with Crippen LogP contribution in [0, 0.1) is 16.3 Å². The van der Waals surface area contributed by atoms with Crippen LogP contribution in [0.3, 0.4) is 0 Å². The van der Waals surface area contributed by atoms with Crippen molar-refractivity contribution in [1.29, 1.82) is 0 Å². The highest BCUT2D eigenvalue weighted by molar-refractivity contribution is 14.1. The number of carbonyl (C=O) groups excluding carboxylic acids is 1. The standard InChI is InChI=1S/C35H32FIN4O4/c1-5-44-32-16-22(4)28(18-27(32)21(2)3)34-40-30-9-7-6-8-26(30)35(43)41(34)38-19-23-10-15-31(29(37)17-23)45-20-33(42)39-25-13-11-24(36)12-14-25/h6-19,21H,5,20H2,1-4H3,(H,39,42). The Kier molecular flexibility index (Phi) is 9.92. The number of aryl methyl sites for hydroxylation is 1. The Morgan fingerprint density at radius 3 is 2.51 bits per heavy atom. The summed E-state index contributed by atoms with van der Waals surface area (Å²) in [5.74, 6) is 1.19. The molecule has 0 saturated carbocycles. The molecular formula is C35H32FIN4O4. The van der Waals surface area contributed by atoms with E-state index in [-0.39, 0.29) is 29.8 Å². The Hall–Kier alpha value is -4.58. The van der Waals surface area contributed by atoms with Crippen LogP contribution >= 0.6 is 22.6 Å². The Balaban J connectivity index is 1.45. The lowest BCUT2D eigenvalue weighted by Crippen LogP contribution is -2.21. The van der Waals surface area contributed by atoms with Gasteiger partial charge >= 0.3 is 0 Å². The van der Waals surface area contributed by atoms with Gasteiger partial charge in [-0.25, -0.2) is 9.37 Å². The molecule has 0 fully saturated rings. The molecule has 5 rings (SSSR count). The summed E-state index contributed by atoms with van der Waals surface area (Å²) in [6.45, 7) is 8.46. The fourth-order valence-corrected chi connectivity index (χ4v) is 5.48. The quantitative estimate of drug-likeness (QED) is 0.119. The van der Waals surface area contributed by atoms with Crippen LogP contribution in [0.4, 0.5) is 10.1 Å². The predicted molar refractivity (Wildman–Crippen MR) is 184 cm³/mol. The van der Waals surface area contributed by atoms with Crippen molar-refractivity contribution in [3.8, 4) is 22.9 Å². The fraction of sp³-hybridized carbons (Fsp3) is 0.200. The summed E-state index contributed by atoms with van der Waals surface area (Å²) in [5.41, 5.74) is 4.22. The number of anilines is 1. The molecule has 4 aromatic carbocycles. The maximum Gasteiger partial charge on any atom is 0.282 e. The number of fused-ring (bicyclic) bond motifs is 1. The summed E-state index contributed by atoms with van der Waals surface area (Å²) in [6, 6.07) is 22.1. The third kappa shape index (κ3) is 7.39. The lowest BCUT2D eigenvalue weighted by atomic mass is 9.96. The van der Waals surface area contributed by atoms with E-state index in [1.807, 2.05) is 44.2 Å². The van der Waals surface area contributed by atoms with Crippen LogP contribution in [0.25, 0.3) is 22.3 Å². The largest absolute Gasteiger partial charge is 0.494 e. The number of halogens is 2. The zero-order valence-corrected chi connectivity index (χ0v) is 27.5. The topological polar surface area (TPSA) is 94.8 Å². The summed E-state index contributed by atoms with van der Waals surface area (Å²) in [7, 11) is 0. The van der Waals surface area contributed by atoms with Crippen molar-refractivity contribution in [3.05, 3.63) is 115 Å². The molecule has 0 unspecified atom stereocenters. The molecule has 0 radical (unpaired) electrons. The molecule has 0 aliphatic carbocycles. The Morgan fingerprint density at radius 2 is 1.80 bits per heavy atom. The number of ether oxygens (including phenoxy) is 2. The highest BCUT2D eigenvalue weighted by Gasteiger charge is 2.18. The molecule has 0 saturated heterocycles. The van der Waals surface area contributed by atoms with Crippen molar-refractivity contribution < 1.29 is 18.7 Å². The molecule has 1 amide bonds. The van der Waals surface area contributed by atoms with Gasteiger partial charge in [-0.15, -0.1) is 0 Å². The van der Waals surface area contributed by atoms with E-state index >= 15 is 0 Å². The number of amides is 1. The highest BCUT2D eigenvalue weighted by atomic mass is 127. The average molecular weight is 719 g/mol. The summed E-state index contributed by atoms with van der Waals surface area (Å²) < 4.78 is 26.8. The van der Waals surface area contributed by atoms with Crippen LogP contribution in [-0.2, 0) is 4.79 Å². The maximum absolute atomic E-state index is 13.8. The number of carbonyl (C=O) groups is 1. The SMILES string of the molecule is CCOc1cc(C)c(-c2nc3ccccc3c(=O)n2N=Cc2ccc(OCC(=O)Nc3ccc(F)cc3)c(I)c2)cc1C(C)C. The van der Waals surface area contributed by atoms with Gasteiger partial charge in [0.25, 0.3) is 11.5 Å². The van der Waals surface area contributed by atoms with Gasteiger partial charge in [-0.05, 0) is 126 Å². The molecule has 0 atom stereocenters. The molecule has 0 spiro atoms. The number of aromatic nitrogens is 2. The van der Waals surface area contributed by atoms with E-state index < -0.39 is 0 Å². The minimum Gasteiger partial charge on any atom is -0.494 e. The zero-order valence-electron chi connectivity index (χ0n) is 25.3. The smallest absolute Gasteiger partial charge is 0.282 e. The number of nitrogens with zero attached hydrogens (tertiary/aromatic N) is 3. The molecule has 8 nitrogen and oxygen atoms in total. The van der Waals surface area contributed by atoms with Gasteiger partial charge < -0.3 is 14.8 Å². The molecule has 45 heavy (non-hydrogen) atoms. The van der Waals surface area contributed by atoms with Gasteiger partial charge in [-0.1, -0.05) is 26.0 Å². The van der Waals surface area contributed by atoms with Crippen LogP contribution < -0.4 is 20.3 Å². The van der Waals surface area contributed by atoms with Gasteiger partial charge in [0.2, 0.25) is 0 Å². The van der Waals surface area contributed by atoms with E-state index in [0.29, 0.717) is 34.8 Å². The number of hydrogen-bond acceptors (Lipinski definition) is 6. The Bertz CT molecular complexity index is 1960. The van der Waals surface area contributed by atoms with Gasteiger partial charge in [0, 0.05) is 11.3 Å². The first-order chi connectivity index (χ1) is 21.6. The number of rotatable bonds is 10. The Morgan fingerprint density at radius 1 is 1.04 bits per heavy atom. The summed E-state index contributed by atoms with van der Waals surface area (Å²) in [6.07, 6.45) is 1.60. The van der Waals surface area contributed by atoms with E-state index in [2.05, 4.69) is 46.9 Å². The number of hydrogen-bond donors (Lipinski definition) is 1. The number of nitrogens with one attached hydrogen (secondary N) is 1. The number of para-hydroxylation sites is 1. The first-order valence-corrected chi connectivity index (χ1v) is 15.5. The van der Waals surface area contributed by atoms with Crippen molar-refractivity contribution in [1.82, 2.24) is 9.66 Å². The molecule has 10 heteroatoms. The molecule has 1 heterocycles. The van der Waals surface area contributed by atoms with Gasteiger partial charge in [0.15, 0.2) is 12.4 Å². The van der Waals surface area contributed by atoms with E-state index in [1.54, 1.807) is 30.5 Å². The molecule has 5 aromatic rings. The summed E-state index contributed by atoms with van der Waals surface area (Å²) in [4.78, 5) is 31.0. The van der Waals surface area contributed by atoms with Crippen LogP contribution in [0.2, 0.25) is 0 Å². The molecule has 230 valence electrons. The van der Waals surface area contributed by atoms with E-state index in [9.17, 15) is 14.0 Å². The van der Waals surface area contributed by atoms with E-state index in [4.69, 9.17) is 14.5 Å². The van der Waals surface area contributed by atoms with Crippen molar-refractivity contribution >= 4 is 51.3 Å². The van der Waals surface area contributed by atoms with Gasteiger partial charge in [-0.3, -0.25) is 9.59 Å². The molecule has 1 aromatic heterocycles. The van der Waals surface area contributed by atoms with Gasteiger partial charge in [-0.2, -0.15) is 9.78 Å². The minimum absolute atomic E-state index is 0.187. The zero-order chi connectivity index (χ0) is 32.1. The predicted octanol–water partition coefficient (Wildman–Crippen LogP) is 7.54. The highest BCUT2D eigenvalue weighted by Crippen LogP contribution is 2.34. The average Bonchev–Trinajstić information content (AvgIpc) is 3.01. The van der Waals surface area contributed by atoms with Gasteiger partial charge in [0.05, 0.1) is 27.3 Å². The second-order valence-electron chi connectivity index (χ2n) is 10.6. The van der Waals surface area contributed by atoms with E-state index in [0.717, 1.165) is 31.6 Å². The van der Waals surface area contributed by atoms with Crippen molar-refractivity contribution in [2.24, 2.45) is 5.10 Å². The minimum atomic E-state index is -0.382. The lowest BCUT2D eigenvalue weighted by molar-refractivity contribution is -0.118. The molecule has 0 aliphatic heterocycles. The third-order valence-electron chi connectivity index (χ3n) is 7.04. The fourth-order valence-electron chi connectivity index (χ4n) is 4.79. The van der Waals surface area contributed by atoms with Crippen molar-refractivity contribution in [2.75, 3.05) is 18.5 Å². The van der Waals surface area contributed by atoms with E-state index in [1.165, 1.54) is 28.9 Å². The number of benzene rings is 4. The van der Waals surface area contributed by atoms with Crippen LogP contribution in [0.15, 0.2) is 88.8 Å². The third-order valence-corrected chi connectivity index (χ3v) is 7.88. The Labute approximate surface area is 274 Å². The second kappa shape index (κ2) is 14.0. The first kappa shape index (κ1) is 31.8. The summed E-state index contributed by atoms with van der Waals surface area (Å²) >= 11 is 2.12. The normalized spacial score (nSPS) is 11.4. The first-order valence-electron chi connectivity index (χ1n) is 14.5. The maximum atomic E-state index is 13.8. The summed E-state index contributed by atoms with van der Waals surface area (Å²) in [5, 5.41) is 7.76. The van der Waals surface area contributed by atoms with Crippen LogP contribution in [0.5, 0.6) is 11.5 Å². The van der Waals surface area contributed by atoms with Crippen LogP contribution in [-0.4, -0.2) is 35.0 Å². The molecule has 1 N–H and O–H groups in total. The lowest BCUT2D eigenvalue weighted by Gasteiger charge is -2.18. The molecular weight excluding hydrogens is 686 g/mol. The molecule has 0 aliphatic rings. The van der Waals surface area contributed by atoms with Gasteiger partial charge in [0.1, 0.15) is 17.3 Å². The monoisotopic (exact) mass is 718 g/mol. The van der Waals surface area contributed by atoms with Crippen LogP contribution in [0.1, 0.15) is 43.4 Å².